The Morgan fingerprint density at radius 1 is 1.47 bits per heavy atom. The number of carbonyl (C=O) groups excluding carboxylic acids is 1. The number of hydrogen-bond donors (Lipinski definition) is 1. The Labute approximate surface area is 103 Å². The molecule has 96 valence electrons. The molecule has 0 aromatic heterocycles. The van der Waals surface area contributed by atoms with Gasteiger partial charge in [0.25, 0.3) is 0 Å². The summed E-state index contributed by atoms with van der Waals surface area (Å²) in [5, 5.41) is 3.51. The van der Waals surface area contributed by atoms with Crippen LogP contribution in [0.2, 0.25) is 0 Å². The van der Waals surface area contributed by atoms with Gasteiger partial charge >= 0.3 is 5.97 Å². The molecule has 0 aromatic carbocycles. The van der Waals surface area contributed by atoms with Crippen LogP contribution >= 0.6 is 0 Å². The number of ether oxygens (including phenoxy) is 1. The van der Waals surface area contributed by atoms with Crippen LogP contribution in [0.3, 0.4) is 0 Å². The number of fused-ring (bicyclic) bond motifs is 3. The van der Waals surface area contributed by atoms with E-state index in [2.05, 4.69) is 10.2 Å². The molecule has 0 amide bonds. The summed E-state index contributed by atoms with van der Waals surface area (Å²) < 4.78 is 4.82. The summed E-state index contributed by atoms with van der Waals surface area (Å²) in [6.45, 7) is 6.71. The first-order chi connectivity index (χ1) is 8.29. The summed E-state index contributed by atoms with van der Waals surface area (Å²) in [6.07, 6.45) is 6.01. The maximum atomic E-state index is 11.1. The van der Waals surface area contributed by atoms with Crippen LogP contribution in [0, 0.1) is 5.92 Å². The third kappa shape index (κ3) is 3.54. The minimum atomic E-state index is -0.247. The van der Waals surface area contributed by atoms with Gasteiger partial charge in [-0.1, -0.05) is 6.08 Å². The highest BCUT2D eigenvalue weighted by Crippen LogP contribution is 2.27. The zero-order valence-corrected chi connectivity index (χ0v) is 10.5. The van der Waals surface area contributed by atoms with Crippen LogP contribution in [0.25, 0.3) is 0 Å². The van der Waals surface area contributed by atoms with E-state index >= 15 is 0 Å². The summed E-state index contributed by atoms with van der Waals surface area (Å²) in [5.74, 6) is 0.583. The Morgan fingerprint density at radius 2 is 2.24 bits per heavy atom. The third-order valence-corrected chi connectivity index (χ3v) is 3.69. The number of hydrogen-bond acceptors (Lipinski definition) is 4. The molecule has 0 radical (unpaired) electrons. The number of nitrogens with one attached hydrogen (secondary N) is 1. The first-order valence-corrected chi connectivity index (χ1v) is 6.58. The van der Waals surface area contributed by atoms with Crippen LogP contribution in [-0.4, -0.2) is 49.7 Å². The molecule has 3 aliphatic heterocycles. The van der Waals surface area contributed by atoms with Gasteiger partial charge in [0.05, 0.1) is 6.61 Å². The minimum absolute atomic E-state index is 0.247. The zero-order valence-electron chi connectivity index (χ0n) is 10.5. The quantitative estimate of drug-likeness (QED) is 0.568. The number of piperidine rings is 3. The largest absolute Gasteiger partial charge is 0.463 e. The summed E-state index contributed by atoms with van der Waals surface area (Å²) in [6, 6.07) is 0.601. The molecular formula is C13H22N2O2. The Balaban J connectivity index is 1.67. The van der Waals surface area contributed by atoms with Gasteiger partial charge < -0.3 is 15.0 Å². The van der Waals surface area contributed by atoms with E-state index in [1.54, 1.807) is 0 Å². The van der Waals surface area contributed by atoms with Crippen molar-refractivity contribution in [1.82, 2.24) is 10.2 Å². The summed E-state index contributed by atoms with van der Waals surface area (Å²) in [5.41, 5.74) is 0. The van der Waals surface area contributed by atoms with Gasteiger partial charge in [0.2, 0.25) is 0 Å². The fourth-order valence-electron chi connectivity index (χ4n) is 2.76. The van der Waals surface area contributed by atoms with E-state index in [4.69, 9.17) is 4.74 Å². The van der Waals surface area contributed by atoms with Crippen molar-refractivity contribution in [1.29, 1.82) is 0 Å². The van der Waals surface area contributed by atoms with Gasteiger partial charge in [-0.15, -0.1) is 0 Å². The minimum Gasteiger partial charge on any atom is -0.463 e. The van der Waals surface area contributed by atoms with Gasteiger partial charge in [0, 0.05) is 25.2 Å². The third-order valence-electron chi connectivity index (χ3n) is 3.69. The summed E-state index contributed by atoms with van der Waals surface area (Å²) >= 11 is 0. The first-order valence-electron chi connectivity index (χ1n) is 6.58. The highest BCUT2D eigenvalue weighted by Gasteiger charge is 2.33. The van der Waals surface area contributed by atoms with Crippen molar-refractivity contribution >= 4 is 5.97 Å². The van der Waals surface area contributed by atoms with Crippen LogP contribution in [-0.2, 0) is 9.53 Å². The number of nitrogens with zero attached hydrogens (tertiary/aromatic N) is 1. The molecule has 1 N–H and O–H groups in total. The Hall–Kier alpha value is -0.870. The number of rotatable bonds is 5. The molecule has 0 saturated carbocycles. The summed E-state index contributed by atoms with van der Waals surface area (Å²) in [7, 11) is 0. The SMILES string of the molecule is CCOC(=O)/C=C/CNC1CN2CCC1CC2. The normalized spacial score (nSPS) is 31.9. The van der Waals surface area contributed by atoms with Gasteiger partial charge in [-0.25, -0.2) is 4.79 Å². The van der Waals surface area contributed by atoms with Crippen molar-refractivity contribution < 1.29 is 9.53 Å². The standard InChI is InChI=1S/C13H22N2O2/c1-2-17-13(16)4-3-7-14-12-10-15-8-5-11(12)6-9-15/h3-4,11-12,14H,2,5-10H2,1H3/b4-3+. The average Bonchev–Trinajstić information content (AvgIpc) is 2.36. The van der Waals surface area contributed by atoms with Crippen LogP contribution in [0.1, 0.15) is 19.8 Å². The van der Waals surface area contributed by atoms with Crippen LogP contribution in [0.4, 0.5) is 0 Å². The highest BCUT2D eigenvalue weighted by atomic mass is 16.5. The van der Waals surface area contributed by atoms with Crippen molar-refractivity contribution in [3.8, 4) is 0 Å². The van der Waals surface area contributed by atoms with Crippen LogP contribution < -0.4 is 5.32 Å². The van der Waals surface area contributed by atoms with Crippen molar-refractivity contribution in [2.45, 2.75) is 25.8 Å². The van der Waals surface area contributed by atoms with E-state index in [1.807, 2.05) is 13.0 Å². The maximum absolute atomic E-state index is 11.1. The van der Waals surface area contributed by atoms with Gasteiger partial charge in [-0.3, -0.25) is 0 Å². The predicted molar refractivity (Wildman–Crippen MR) is 66.7 cm³/mol. The monoisotopic (exact) mass is 238 g/mol. The van der Waals surface area contributed by atoms with Gasteiger partial charge in [-0.2, -0.15) is 0 Å². The van der Waals surface area contributed by atoms with Gasteiger partial charge in [0.15, 0.2) is 0 Å². The molecule has 3 aliphatic rings. The van der Waals surface area contributed by atoms with E-state index in [0.717, 1.165) is 19.0 Å². The molecule has 3 rings (SSSR count). The zero-order chi connectivity index (χ0) is 12.1. The Bertz CT molecular complexity index is 283. The molecule has 0 spiro atoms. The molecule has 2 bridgehead atoms. The van der Waals surface area contributed by atoms with Gasteiger partial charge in [-0.05, 0) is 38.8 Å². The maximum Gasteiger partial charge on any atom is 0.330 e. The molecule has 3 fully saturated rings. The van der Waals surface area contributed by atoms with Gasteiger partial charge in [0.1, 0.15) is 0 Å². The molecular weight excluding hydrogens is 216 g/mol. The van der Waals surface area contributed by atoms with E-state index in [-0.39, 0.29) is 5.97 Å². The van der Waals surface area contributed by atoms with E-state index in [0.29, 0.717) is 12.6 Å². The molecule has 0 aliphatic carbocycles. The lowest BCUT2D eigenvalue weighted by atomic mass is 9.84. The van der Waals surface area contributed by atoms with E-state index < -0.39 is 0 Å². The Morgan fingerprint density at radius 3 is 2.82 bits per heavy atom. The van der Waals surface area contributed by atoms with Crippen molar-refractivity contribution in [2.75, 3.05) is 32.8 Å². The fraction of sp³-hybridized carbons (Fsp3) is 0.769. The average molecular weight is 238 g/mol. The lowest BCUT2D eigenvalue weighted by molar-refractivity contribution is -0.137. The second-order valence-electron chi connectivity index (χ2n) is 4.81. The molecule has 3 heterocycles. The number of esters is 1. The van der Waals surface area contributed by atoms with E-state index in [1.165, 1.54) is 32.0 Å². The smallest absolute Gasteiger partial charge is 0.330 e. The summed E-state index contributed by atoms with van der Waals surface area (Å²) in [4.78, 5) is 13.6. The molecule has 4 nitrogen and oxygen atoms in total. The number of carbonyl (C=O) groups is 1. The van der Waals surface area contributed by atoms with Crippen LogP contribution in [0.15, 0.2) is 12.2 Å². The van der Waals surface area contributed by atoms with E-state index in [9.17, 15) is 4.79 Å². The second kappa shape index (κ2) is 6.17. The lowest BCUT2D eigenvalue weighted by Gasteiger charge is -2.45. The molecule has 17 heavy (non-hydrogen) atoms. The van der Waals surface area contributed by atoms with Crippen molar-refractivity contribution in [3.63, 3.8) is 0 Å². The van der Waals surface area contributed by atoms with Crippen molar-refractivity contribution in [3.05, 3.63) is 12.2 Å². The molecule has 1 atom stereocenters. The predicted octanol–water partition coefficient (Wildman–Crippen LogP) is 0.789. The molecule has 4 heteroatoms. The molecule has 0 aromatic rings. The highest BCUT2D eigenvalue weighted by molar-refractivity contribution is 5.81. The lowest BCUT2D eigenvalue weighted by Crippen LogP contribution is -2.56. The topological polar surface area (TPSA) is 41.6 Å². The Kier molecular flexibility index (Phi) is 4.57. The second-order valence-corrected chi connectivity index (χ2v) is 4.81. The molecule has 3 saturated heterocycles. The first kappa shape index (κ1) is 12.6. The fourth-order valence-corrected chi connectivity index (χ4v) is 2.76. The molecule has 1 unspecified atom stereocenters. The van der Waals surface area contributed by atoms with Crippen molar-refractivity contribution in [2.24, 2.45) is 5.92 Å². The van der Waals surface area contributed by atoms with Crippen LogP contribution in [0.5, 0.6) is 0 Å².